The van der Waals surface area contributed by atoms with E-state index in [4.69, 9.17) is 15.3 Å². The van der Waals surface area contributed by atoms with Crippen LogP contribution in [0, 0.1) is 0 Å². The lowest BCUT2D eigenvalue weighted by Gasteiger charge is -2.08. The van der Waals surface area contributed by atoms with Crippen molar-refractivity contribution in [3.05, 3.63) is 23.8 Å². The van der Waals surface area contributed by atoms with Gasteiger partial charge in [0, 0.05) is 12.0 Å². The van der Waals surface area contributed by atoms with Gasteiger partial charge in [0.2, 0.25) is 0 Å². The van der Waals surface area contributed by atoms with E-state index in [1.165, 1.54) is 18.2 Å². The van der Waals surface area contributed by atoms with Gasteiger partial charge in [-0.25, -0.2) is 0 Å². The second kappa shape index (κ2) is 4.11. The number of aliphatic hydroxyl groups is 2. The molecule has 0 fully saturated rings. The summed E-state index contributed by atoms with van der Waals surface area (Å²) in [5, 5.41) is 36.0. The molecule has 0 aliphatic heterocycles. The maximum atomic E-state index is 9.28. The van der Waals surface area contributed by atoms with Gasteiger partial charge in [-0.2, -0.15) is 0 Å². The Morgan fingerprint density at radius 2 is 1.92 bits per heavy atom. The highest BCUT2D eigenvalue weighted by atomic mass is 16.3. The summed E-state index contributed by atoms with van der Waals surface area (Å²) in [6.45, 7) is -0.366. The van der Waals surface area contributed by atoms with Crippen molar-refractivity contribution in [3.8, 4) is 11.5 Å². The van der Waals surface area contributed by atoms with Crippen molar-refractivity contribution >= 4 is 0 Å². The van der Waals surface area contributed by atoms with Gasteiger partial charge in [0.15, 0.2) is 0 Å². The molecule has 0 aliphatic rings. The molecule has 0 saturated heterocycles. The number of rotatable bonds is 3. The average molecular weight is 184 g/mol. The van der Waals surface area contributed by atoms with Gasteiger partial charge in [-0.3, -0.25) is 0 Å². The highest BCUT2D eigenvalue weighted by Crippen LogP contribution is 2.23. The van der Waals surface area contributed by atoms with Crippen molar-refractivity contribution in [2.24, 2.45) is 0 Å². The van der Waals surface area contributed by atoms with E-state index in [1.54, 1.807) is 0 Å². The lowest BCUT2D eigenvalue weighted by Crippen LogP contribution is -2.14. The molecule has 0 aliphatic carbocycles. The summed E-state index contributed by atoms with van der Waals surface area (Å²) in [6.07, 6.45) is -0.788. The molecule has 0 radical (unpaired) electrons. The molecule has 1 rings (SSSR count). The van der Waals surface area contributed by atoms with Crippen molar-refractivity contribution in [1.29, 1.82) is 0 Å². The molecule has 0 amide bonds. The van der Waals surface area contributed by atoms with Gasteiger partial charge in [-0.1, -0.05) is 0 Å². The minimum atomic E-state index is -0.910. The van der Waals surface area contributed by atoms with E-state index in [1.807, 2.05) is 0 Å². The van der Waals surface area contributed by atoms with Gasteiger partial charge in [0.25, 0.3) is 0 Å². The van der Waals surface area contributed by atoms with Crippen LogP contribution in [-0.4, -0.2) is 33.1 Å². The smallest absolute Gasteiger partial charge is 0.119 e. The molecule has 72 valence electrons. The summed E-state index contributed by atoms with van der Waals surface area (Å²) >= 11 is 0. The highest BCUT2D eigenvalue weighted by molar-refractivity contribution is 5.38. The number of phenolic OH excluding ortho intramolecular Hbond substituents is 2. The first-order valence-electron chi connectivity index (χ1n) is 3.93. The number of phenols is 2. The van der Waals surface area contributed by atoms with E-state index in [0.717, 1.165) is 0 Å². The van der Waals surface area contributed by atoms with Gasteiger partial charge >= 0.3 is 0 Å². The zero-order valence-corrected chi connectivity index (χ0v) is 7.01. The van der Waals surface area contributed by atoms with Gasteiger partial charge in [-0.15, -0.1) is 0 Å². The Morgan fingerprint density at radius 3 is 2.54 bits per heavy atom. The van der Waals surface area contributed by atoms with Crippen LogP contribution < -0.4 is 0 Å². The fourth-order valence-corrected chi connectivity index (χ4v) is 1.05. The summed E-state index contributed by atoms with van der Waals surface area (Å²) in [7, 11) is 0. The molecular weight excluding hydrogens is 172 g/mol. The Hall–Kier alpha value is -1.26. The van der Waals surface area contributed by atoms with Crippen LogP contribution >= 0.6 is 0 Å². The maximum Gasteiger partial charge on any atom is 0.119 e. The zero-order valence-electron chi connectivity index (χ0n) is 7.01. The summed E-state index contributed by atoms with van der Waals surface area (Å²) in [4.78, 5) is 0. The van der Waals surface area contributed by atoms with Crippen LogP contribution in [0.25, 0.3) is 0 Å². The van der Waals surface area contributed by atoms with Crippen LogP contribution in [-0.2, 0) is 6.42 Å². The summed E-state index contributed by atoms with van der Waals surface area (Å²) in [5.74, 6) is 0.0308. The molecule has 13 heavy (non-hydrogen) atoms. The predicted octanol–water partition coefficient (Wildman–Crippen LogP) is -0.00650. The molecule has 1 aromatic carbocycles. The first-order valence-corrected chi connectivity index (χ1v) is 3.93. The van der Waals surface area contributed by atoms with E-state index in [0.29, 0.717) is 5.56 Å². The van der Waals surface area contributed by atoms with Gasteiger partial charge < -0.3 is 20.4 Å². The molecule has 0 spiro atoms. The second-order valence-electron chi connectivity index (χ2n) is 2.85. The van der Waals surface area contributed by atoms with Crippen LogP contribution in [0.4, 0.5) is 0 Å². The van der Waals surface area contributed by atoms with E-state index >= 15 is 0 Å². The molecule has 1 aromatic rings. The van der Waals surface area contributed by atoms with Crippen molar-refractivity contribution in [1.82, 2.24) is 0 Å². The van der Waals surface area contributed by atoms with Crippen LogP contribution in [0.2, 0.25) is 0 Å². The monoisotopic (exact) mass is 184 g/mol. The predicted molar refractivity (Wildman–Crippen MR) is 46.6 cm³/mol. The lowest BCUT2D eigenvalue weighted by atomic mass is 10.1. The number of aromatic hydroxyl groups is 2. The topological polar surface area (TPSA) is 80.9 Å². The Morgan fingerprint density at radius 1 is 1.23 bits per heavy atom. The van der Waals surface area contributed by atoms with Gasteiger partial charge in [0.1, 0.15) is 11.5 Å². The second-order valence-corrected chi connectivity index (χ2v) is 2.85. The van der Waals surface area contributed by atoms with Gasteiger partial charge in [-0.05, 0) is 18.2 Å². The molecule has 0 heterocycles. The molecule has 1 atom stereocenters. The number of hydrogen-bond acceptors (Lipinski definition) is 4. The third kappa shape index (κ3) is 2.61. The summed E-state index contributed by atoms with van der Waals surface area (Å²) in [5.41, 5.74) is 0.418. The fourth-order valence-electron chi connectivity index (χ4n) is 1.05. The SMILES string of the molecule is OCC(O)Cc1cc(O)ccc1O. The molecule has 4 N–H and O–H groups in total. The Kier molecular flexibility index (Phi) is 3.11. The maximum absolute atomic E-state index is 9.28. The number of aliphatic hydroxyl groups excluding tert-OH is 2. The minimum absolute atomic E-state index is 0.00491. The molecule has 0 saturated carbocycles. The van der Waals surface area contributed by atoms with Crippen molar-refractivity contribution in [2.45, 2.75) is 12.5 Å². The molecule has 4 nitrogen and oxygen atoms in total. The largest absolute Gasteiger partial charge is 0.508 e. The Labute approximate surface area is 75.7 Å². The van der Waals surface area contributed by atoms with Crippen LogP contribution in [0.5, 0.6) is 11.5 Å². The molecule has 0 aromatic heterocycles. The molecular formula is C9H12O4. The summed E-state index contributed by atoms with van der Waals surface area (Å²) < 4.78 is 0. The number of benzene rings is 1. The Balaban J connectivity index is 2.81. The van der Waals surface area contributed by atoms with Crippen LogP contribution in [0.15, 0.2) is 18.2 Å². The Bertz CT molecular complexity index is 285. The van der Waals surface area contributed by atoms with E-state index in [-0.39, 0.29) is 24.5 Å². The third-order valence-electron chi connectivity index (χ3n) is 1.73. The first kappa shape index (κ1) is 9.83. The van der Waals surface area contributed by atoms with Gasteiger partial charge in [0.05, 0.1) is 12.7 Å². The third-order valence-corrected chi connectivity index (χ3v) is 1.73. The highest BCUT2D eigenvalue weighted by Gasteiger charge is 2.08. The number of hydrogen-bond donors (Lipinski definition) is 4. The van der Waals surface area contributed by atoms with Crippen LogP contribution in [0.3, 0.4) is 0 Å². The van der Waals surface area contributed by atoms with E-state index < -0.39 is 6.10 Å². The lowest BCUT2D eigenvalue weighted by molar-refractivity contribution is 0.0949. The molecule has 1 unspecified atom stereocenters. The van der Waals surface area contributed by atoms with Crippen molar-refractivity contribution in [3.63, 3.8) is 0 Å². The van der Waals surface area contributed by atoms with E-state index in [9.17, 15) is 5.11 Å². The average Bonchev–Trinajstić information content (AvgIpc) is 2.11. The first-order chi connectivity index (χ1) is 6.13. The van der Waals surface area contributed by atoms with E-state index in [2.05, 4.69) is 0 Å². The standard InChI is InChI=1S/C9H12O4/c10-5-8(12)4-6-3-7(11)1-2-9(6)13/h1-3,8,10-13H,4-5H2. The minimum Gasteiger partial charge on any atom is -0.508 e. The van der Waals surface area contributed by atoms with Crippen LogP contribution in [0.1, 0.15) is 5.56 Å². The normalized spacial score (nSPS) is 12.8. The molecule has 0 bridgehead atoms. The fraction of sp³-hybridized carbons (Fsp3) is 0.333. The quantitative estimate of drug-likeness (QED) is 0.498. The molecule has 4 heteroatoms. The zero-order chi connectivity index (χ0) is 9.84. The summed E-state index contributed by atoms with van der Waals surface area (Å²) in [6, 6.07) is 4.05. The van der Waals surface area contributed by atoms with Crippen molar-refractivity contribution in [2.75, 3.05) is 6.61 Å². The van der Waals surface area contributed by atoms with Crippen molar-refractivity contribution < 1.29 is 20.4 Å².